The number of carbonyl (C=O) groups excluding carboxylic acids is 1. The van der Waals surface area contributed by atoms with Crippen LogP contribution in [0.2, 0.25) is 0 Å². The number of aromatic nitrogens is 3. The van der Waals surface area contributed by atoms with Crippen molar-refractivity contribution in [3.05, 3.63) is 95.8 Å². The van der Waals surface area contributed by atoms with Crippen LogP contribution in [0, 0.1) is 11.6 Å². The van der Waals surface area contributed by atoms with E-state index in [0.717, 1.165) is 10.6 Å². The third kappa shape index (κ3) is 5.54. The molecule has 1 saturated heterocycles. The Morgan fingerprint density at radius 1 is 1.02 bits per heavy atom. The zero-order valence-corrected chi connectivity index (χ0v) is 28.6. The summed E-state index contributed by atoms with van der Waals surface area (Å²) in [7, 11) is -0.925. The number of alkyl halides is 1. The van der Waals surface area contributed by atoms with E-state index in [1.54, 1.807) is 36.4 Å². The molecule has 3 aromatic carbocycles. The molecular weight excluding hydrogens is 682 g/mol. The topological polar surface area (TPSA) is 113 Å². The van der Waals surface area contributed by atoms with Gasteiger partial charge in [-0.3, -0.25) is 18.4 Å². The largest absolute Gasteiger partial charge is 0.455 e. The van der Waals surface area contributed by atoms with Gasteiger partial charge in [0.2, 0.25) is 10.0 Å². The first-order valence-corrected chi connectivity index (χ1v) is 18.0. The summed E-state index contributed by atoms with van der Waals surface area (Å²) in [6.07, 6.45) is 0.575. The predicted octanol–water partition coefficient (Wildman–Crippen LogP) is 6.69. The molecule has 0 aliphatic carbocycles. The number of halogens is 3. The van der Waals surface area contributed by atoms with Crippen LogP contribution < -0.4 is 9.62 Å². The van der Waals surface area contributed by atoms with Gasteiger partial charge >= 0.3 is 0 Å². The minimum absolute atomic E-state index is 0.175. The van der Waals surface area contributed by atoms with Gasteiger partial charge in [0.15, 0.2) is 0 Å². The van der Waals surface area contributed by atoms with Crippen molar-refractivity contribution in [1.29, 1.82) is 0 Å². The van der Waals surface area contributed by atoms with E-state index in [1.807, 2.05) is 9.30 Å². The summed E-state index contributed by atoms with van der Waals surface area (Å²) in [5.74, 6) is -0.567. The predicted molar refractivity (Wildman–Crippen MR) is 190 cm³/mol. The highest BCUT2D eigenvalue weighted by atomic mass is 32.2. The molecule has 4 aromatic heterocycles. The van der Waals surface area contributed by atoms with Gasteiger partial charge in [0.05, 0.1) is 46.3 Å². The Balaban J connectivity index is 1.39. The monoisotopic (exact) mass is 712 g/mol. The molecule has 7 aromatic rings. The van der Waals surface area contributed by atoms with E-state index in [0.29, 0.717) is 75.0 Å². The molecule has 1 aliphatic rings. The van der Waals surface area contributed by atoms with Gasteiger partial charge in [-0.05, 0) is 67.1 Å². The fourth-order valence-corrected chi connectivity index (χ4v) is 7.39. The van der Waals surface area contributed by atoms with E-state index in [4.69, 9.17) is 14.4 Å². The van der Waals surface area contributed by atoms with Crippen molar-refractivity contribution in [3.63, 3.8) is 0 Å². The number of nitrogens with zero attached hydrogens (tertiary/aromatic N) is 5. The van der Waals surface area contributed by atoms with Crippen molar-refractivity contribution in [3.8, 4) is 22.6 Å². The van der Waals surface area contributed by atoms with Gasteiger partial charge in [0.25, 0.3) is 5.91 Å². The van der Waals surface area contributed by atoms with Gasteiger partial charge in [-0.2, -0.15) is 0 Å². The van der Waals surface area contributed by atoms with Crippen LogP contribution in [-0.4, -0.2) is 73.2 Å². The van der Waals surface area contributed by atoms with E-state index in [2.05, 4.69) is 5.32 Å². The van der Waals surface area contributed by atoms with Crippen molar-refractivity contribution in [1.82, 2.24) is 24.6 Å². The minimum atomic E-state index is -3.80. The SMILES string of the molecule is CNC(=O)c1c(-c2ccc(F)cc2)oc2cc(N(C)S(C)(=O)=O)c(-c3ccc4nc(CN5CC[C@H](F)C5)n5c6cccc(F)c6cc5c4n3)cc12. The normalized spacial score (nSPS) is 15.5. The Morgan fingerprint density at radius 2 is 1.80 bits per heavy atom. The highest BCUT2D eigenvalue weighted by molar-refractivity contribution is 7.92. The van der Waals surface area contributed by atoms with Gasteiger partial charge < -0.3 is 9.73 Å². The van der Waals surface area contributed by atoms with E-state index in [-0.39, 0.29) is 29.1 Å². The number of anilines is 1. The zero-order chi connectivity index (χ0) is 35.8. The van der Waals surface area contributed by atoms with Crippen LogP contribution in [0.3, 0.4) is 0 Å². The fourth-order valence-electron chi connectivity index (χ4n) is 6.88. The molecule has 1 fully saturated rings. The minimum Gasteiger partial charge on any atom is -0.455 e. The van der Waals surface area contributed by atoms with Crippen LogP contribution in [0.25, 0.3) is 61.0 Å². The number of hydrogen-bond acceptors (Lipinski definition) is 7. The number of nitrogens with one attached hydrogen (secondary N) is 1. The maximum atomic E-state index is 15.2. The first-order chi connectivity index (χ1) is 24.4. The molecule has 51 heavy (non-hydrogen) atoms. The lowest BCUT2D eigenvalue weighted by Gasteiger charge is -2.21. The highest BCUT2D eigenvalue weighted by Crippen LogP contribution is 2.41. The number of likely N-dealkylation sites (tertiary alicyclic amines) is 1. The number of amides is 1. The van der Waals surface area contributed by atoms with Crippen LogP contribution in [0.4, 0.5) is 18.9 Å². The number of benzene rings is 3. The second-order valence-electron chi connectivity index (χ2n) is 12.7. The Kier molecular flexibility index (Phi) is 7.76. The van der Waals surface area contributed by atoms with Gasteiger partial charge in [-0.1, -0.05) is 6.07 Å². The maximum absolute atomic E-state index is 15.2. The van der Waals surface area contributed by atoms with Gasteiger partial charge in [-0.25, -0.2) is 31.6 Å². The third-order valence-corrected chi connectivity index (χ3v) is 10.7. The van der Waals surface area contributed by atoms with Crippen LogP contribution in [-0.2, 0) is 16.6 Å². The molecule has 1 N–H and O–H groups in total. The molecule has 10 nitrogen and oxygen atoms in total. The van der Waals surface area contributed by atoms with Crippen molar-refractivity contribution in [2.75, 3.05) is 37.7 Å². The third-order valence-electron chi connectivity index (χ3n) is 9.48. The standard InChI is InChI=1S/C37H31F3N6O4S/c1-41-37(47)34-25-15-24(30(44(2)51(3,48)49)17-32(25)50-36(34)20-7-9-21(38)10-8-20)27-11-12-28-35(43-27)31-16-23-26(40)5-4-6-29(23)46(31)33(42-28)19-45-14-13-22(39)18-45/h4-12,15-17,22H,13-14,18-19H2,1-3H3,(H,41,47)/t22-/m0/s1. The number of pyridine rings is 1. The lowest BCUT2D eigenvalue weighted by molar-refractivity contribution is 0.0964. The molecule has 0 bridgehead atoms. The van der Waals surface area contributed by atoms with Gasteiger partial charge in [-0.15, -0.1) is 0 Å². The van der Waals surface area contributed by atoms with Crippen LogP contribution >= 0.6 is 0 Å². The first kappa shape index (κ1) is 32.7. The lowest BCUT2D eigenvalue weighted by atomic mass is 10.0. The number of hydrogen-bond donors (Lipinski definition) is 1. The second-order valence-corrected chi connectivity index (χ2v) is 14.8. The molecule has 1 atom stereocenters. The number of furan rings is 1. The van der Waals surface area contributed by atoms with Crippen LogP contribution in [0.15, 0.2) is 77.2 Å². The summed E-state index contributed by atoms with van der Waals surface area (Å²) in [4.78, 5) is 25.3. The summed E-state index contributed by atoms with van der Waals surface area (Å²) in [5.41, 5.74) is 3.87. The first-order valence-electron chi connectivity index (χ1n) is 16.2. The van der Waals surface area contributed by atoms with E-state index in [9.17, 15) is 22.0 Å². The molecule has 0 radical (unpaired) electrons. The fraction of sp³-hybridized carbons (Fsp3) is 0.216. The average molecular weight is 713 g/mol. The lowest BCUT2D eigenvalue weighted by Crippen LogP contribution is -2.25. The summed E-state index contributed by atoms with van der Waals surface area (Å²) >= 11 is 0. The molecule has 8 rings (SSSR count). The summed E-state index contributed by atoms with van der Waals surface area (Å²) < 4.78 is 78.2. The van der Waals surface area contributed by atoms with Crippen LogP contribution in [0.1, 0.15) is 22.6 Å². The van der Waals surface area contributed by atoms with Gasteiger partial charge in [0.1, 0.15) is 40.5 Å². The number of rotatable bonds is 7. The summed E-state index contributed by atoms with van der Waals surface area (Å²) in [5, 5.41) is 3.38. The molecule has 0 spiro atoms. The molecule has 0 unspecified atom stereocenters. The Labute approximate surface area is 290 Å². The molecule has 260 valence electrons. The molecule has 1 aliphatic heterocycles. The Hall–Kier alpha value is -5.47. The Bertz CT molecular complexity index is 2660. The average Bonchev–Trinajstić information content (AvgIpc) is 3.82. The quantitative estimate of drug-likeness (QED) is 0.196. The van der Waals surface area contributed by atoms with Crippen LogP contribution in [0.5, 0.6) is 0 Å². The van der Waals surface area contributed by atoms with Crippen molar-refractivity contribution < 1.29 is 30.8 Å². The zero-order valence-electron chi connectivity index (χ0n) is 27.7. The molecule has 1 amide bonds. The van der Waals surface area contributed by atoms with Gasteiger partial charge in [0, 0.05) is 55.2 Å². The second kappa shape index (κ2) is 12.1. The molecule has 14 heteroatoms. The molecule has 0 saturated carbocycles. The highest BCUT2D eigenvalue weighted by Gasteiger charge is 2.28. The number of carbonyl (C=O) groups is 1. The summed E-state index contributed by atoms with van der Waals surface area (Å²) in [6, 6.07) is 18.6. The van der Waals surface area contributed by atoms with Crippen molar-refractivity contribution >= 4 is 60.0 Å². The maximum Gasteiger partial charge on any atom is 0.255 e. The Morgan fingerprint density at radius 3 is 2.51 bits per heavy atom. The molecule has 5 heterocycles. The number of fused-ring (bicyclic) bond motifs is 6. The smallest absolute Gasteiger partial charge is 0.255 e. The number of sulfonamides is 1. The van der Waals surface area contributed by atoms with Crippen molar-refractivity contribution in [2.24, 2.45) is 0 Å². The summed E-state index contributed by atoms with van der Waals surface area (Å²) in [6.45, 7) is 1.19. The van der Waals surface area contributed by atoms with E-state index >= 15 is 4.39 Å². The van der Waals surface area contributed by atoms with Crippen molar-refractivity contribution in [2.45, 2.75) is 19.1 Å². The molecular formula is C37H31F3N6O4S. The van der Waals surface area contributed by atoms with E-state index in [1.165, 1.54) is 50.5 Å². The van der Waals surface area contributed by atoms with E-state index < -0.39 is 33.7 Å².